The minimum absolute atomic E-state index is 0.205. The second kappa shape index (κ2) is 6.07. The number of hydrogen-bond donors (Lipinski definition) is 1. The average Bonchev–Trinajstić information content (AvgIpc) is 2.53. The summed E-state index contributed by atoms with van der Waals surface area (Å²) < 4.78 is 0. The van der Waals surface area contributed by atoms with Gasteiger partial charge in [0.05, 0.1) is 11.9 Å². The summed E-state index contributed by atoms with van der Waals surface area (Å²) in [6.45, 7) is 6.94. The molecule has 0 aliphatic carbocycles. The van der Waals surface area contributed by atoms with Gasteiger partial charge in [-0.15, -0.1) is 0 Å². The lowest BCUT2D eigenvalue weighted by atomic mass is 9.80. The Morgan fingerprint density at radius 3 is 2.65 bits per heavy atom. The molecule has 2 aromatic carbocycles. The average molecular weight is 307 g/mol. The van der Waals surface area contributed by atoms with Gasteiger partial charge in [0.15, 0.2) is 0 Å². The summed E-state index contributed by atoms with van der Waals surface area (Å²) in [5, 5.41) is 4.34. The molecular weight excluding hydrogens is 282 g/mol. The lowest BCUT2D eigenvalue weighted by molar-refractivity contribution is 0.395. The molecule has 1 heterocycles. The molecule has 1 aliphatic rings. The Kier molecular flexibility index (Phi) is 4.12. The molecule has 3 heteroatoms. The Morgan fingerprint density at radius 2 is 1.91 bits per heavy atom. The molecule has 1 N–H and O–H groups in total. The largest absolute Gasteiger partial charge is 0.369 e. The van der Waals surface area contributed by atoms with Crippen molar-refractivity contribution in [2.24, 2.45) is 5.10 Å². The third-order valence-electron chi connectivity index (χ3n) is 4.84. The van der Waals surface area contributed by atoms with Crippen molar-refractivity contribution in [2.45, 2.75) is 38.6 Å². The summed E-state index contributed by atoms with van der Waals surface area (Å²) in [4.78, 5) is 2.39. The fourth-order valence-electron chi connectivity index (χ4n) is 3.37. The zero-order chi connectivity index (χ0) is 16.4. The van der Waals surface area contributed by atoms with Crippen molar-refractivity contribution in [2.75, 3.05) is 17.4 Å². The predicted octanol–water partition coefficient (Wildman–Crippen LogP) is 4.85. The molecule has 0 aromatic heterocycles. The monoisotopic (exact) mass is 307 g/mol. The second-order valence-corrected chi connectivity index (χ2v) is 7.03. The smallest absolute Gasteiger partial charge is 0.0561 e. The van der Waals surface area contributed by atoms with E-state index in [4.69, 9.17) is 0 Å². The zero-order valence-corrected chi connectivity index (χ0v) is 14.4. The van der Waals surface area contributed by atoms with Gasteiger partial charge in [0, 0.05) is 18.3 Å². The number of fused-ring (bicyclic) bond motifs is 1. The van der Waals surface area contributed by atoms with Crippen LogP contribution in [0.1, 0.15) is 44.2 Å². The van der Waals surface area contributed by atoms with Crippen LogP contribution < -0.4 is 10.3 Å². The fraction of sp³-hybridized carbons (Fsp3) is 0.350. The lowest BCUT2D eigenvalue weighted by Crippen LogP contribution is -2.45. The number of para-hydroxylation sites is 1. The van der Waals surface area contributed by atoms with E-state index in [1.807, 2.05) is 36.5 Å². The molecule has 120 valence electrons. The molecule has 23 heavy (non-hydrogen) atoms. The number of anilines is 2. The highest BCUT2D eigenvalue weighted by Gasteiger charge is 2.33. The number of rotatable bonds is 3. The quantitative estimate of drug-likeness (QED) is 0.648. The maximum absolute atomic E-state index is 4.34. The van der Waals surface area contributed by atoms with Crippen molar-refractivity contribution in [3.05, 3.63) is 59.7 Å². The van der Waals surface area contributed by atoms with Gasteiger partial charge in [0.25, 0.3) is 0 Å². The van der Waals surface area contributed by atoms with E-state index in [0.29, 0.717) is 5.92 Å². The van der Waals surface area contributed by atoms with E-state index in [1.165, 1.54) is 17.7 Å². The normalized spacial score (nSPS) is 19.7. The van der Waals surface area contributed by atoms with Crippen molar-refractivity contribution in [1.82, 2.24) is 0 Å². The number of nitrogens with zero attached hydrogens (tertiary/aromatic N) is 2. The van der Waals surface area contributed by atoms with Crippen LogP contribution in [0.2, 0.25) is 0 Å². The summed E-state index contributed by atoms with van der Waals surface area (Å²) in [5.74, 6) is 0.562. The van der Waals surface area contributed by atoms with Crippen molar-refractivity contribution < 1.29 is 0 Å². The van der Waals surface area contributed by atoms with Crippen LogP contribution in [0.4, 0.5) is 11.4 Å². The molecule has 0 bridgehead atoms. The van der Waals surface area contributed by atoms with Crippen molar-refractivity contribution in [3.8, 4) is 0 Å². The lowest BCUT2D eigenvalue weighted by Gasteiger charge is -2.45. The van der Waals surface area contributed by atoms with Crippen LogP contribution in [0.25, 0.3) is 0 Å². The van der Waals surface area contributed by atoms with Crippen LogP contribution >= 0.6 is 0 Å². The number of hydrogen-bond acceptors (Lipinski definition) is 3. The van der Waals surface area contributed by atoms with E-state index in [-0.39, 0.29) is 5.54 Å². The van der Waals surface area contributed by atoms with E-state index in [0.717, 1.165) is 11.3 Å². The van der Waals surface area contributed by atoms with E-state index in [2.05, 4.69) is 61.4 Å². The number of nitrogens with one attached hydrogen (secondary N) is 1. The minimum Gasteiger partial charge on any atom is -0.369 e. The highest BCUT2D eigenvalue weighted by molar-refractivity contribution is 5.82. The van der Waals surface area contributed by atoms with Gasteiger partial charge in [-0.2, -0.15) is 5.10 Å². The molecule has 0 spiro atoms. The van der Waals surface area contributed by atoms with Crippen LogP contribution in [-0.4, -0.2) is 18.8 Å². The van der Waals surface area contributed by atoms with E-state index in [9.17, 15) is 0 Å². The third-order valence-corrected chi connectivity index (χ3v) is 4.84. The molecule has 0 saturated carbocycles. The van der Waals surface area contributed by atoms with Gasteiger partial charge in [-0.1, -0.05) is 31.2 Å². The van der Waals surface area contributed by atoms with Crippen LogP contribution in [-0.2, 0) is 0 Å². The first-order valence-electron chi connectivity index (χ1n) is 8.19. The van der Waals surface area contributed by atoms with Crippen LogP contribution in [0.3, 0.4) is 0 Å². The molecule has 0 radical (unpaired) electrons. The summed E-state index contributed by atoms with van der Waals surface area (Å²) in [6.07, 6.45) is 3.05. The van der Waals surface area contributed by atoms with Gasteiger partial charge in [0.2, 0.25) is 0 Å². The second-order valence-electron chi connectivity index (χ2n) is 7.03. The van der Waals surface area contributed by atoms with Crippen molar-refractivity contribution >= 4 is 17.6 Å². The Balaban J connectivity index is 1.80. The molecule has 1 aliphatic heterocycles. The van der Waals surface area contributed by atoms with Crippen LogP contribution in [0.15, 0.2) is 53.6 Å². The zero-order valence-electron chi connectivity index (χ0n) is 14.4. The number of benzene rings is 2. The van der Waals surface area contributed by atoms with Crippen LogP contribution in [0, 0.1) is 0 Å². The SMILES string of the molecule is C[C@H]1CC(C)(C)N(C)c2ccc(/C=N\Nc3ccccc3)cc21. The Labute approximate surface area is 139 Å². The van der Waals surface area contributed by atoms with Gasteiger partial charge in [-0.05, 0) is 61.6 Å². The van der Waals surface area contributed by atoms with E-state index >= 15 is 0 Å². The van der Waals surface area contributed by atoms with Gasteiger partial charge in [-0.3, -0.25) is 5.43 Å². The number of hydrazone groups is 1. The molecule has 0 fully saturated rings. The Morgan fingerprint density at radius 1 is 1.17 bits per heavy atom. The van der Waals surface area contributed by atoms with Crippen LogP contribution in [0.5, 0.6) is 0 Å². The van der Waals surface area contributed by atoms with Crippen molar-refractivity contribution in [3.63, 3.8) is 0 Å². The summed E-state index contributed by atoms with van der Waals surface area (Å²) in [7, 11) is 2.19. The molecule has 0 unspecified atom stereocenters. The van der Waals surface area contributed by atoms with Crippen molar-refractivity contribution in [1.29, 1.82) is 0 Å². The Hall–Kier alpha value is -2.29. The molecule has 0 amide bonds. The Bertz CT molecular complexity index is 704. The summed E-state index contributed by atoms with van der Waals surface area (Å²) in [6, 6.07) is 16.6. The maximum Gasteiger partial charge on any atom is 0.0561 e. The molecule has 3 nitrogen and oxygen atoms in total. The van der Waals surface area contributed by atoms with Gasteiger partial charge >= 0.3 is 0 Å². The van der Waals surface area contributed by atoms with Gasteiger partial charge < -0.3 is 4.90 Å². The molecular formula is C20H25N3. The first-order chi connectivity index (χ1) is 11.0. The topological polar surface area (TPSA) is 27.6 Å². The molecule has 2 aromatic rings. The predicted molar refractivity (Wildman–Crippen MR) is 99.6 cm³/mol. The molecule has 0 saturated heterocycles. The highest BCUT2D eigenvalue weighted by atomic mass is 15.3. The highest BCUT2D eigenvalue weighted by Crippen LogP contribution is 2.42. The third kappa shape index (κ3) is 3.24. The fourth-order valence-corrected chi connectivity index (χ4v) is 3.37. The summed E-state index contributed by atoms with van der Waals surface area (Å²) >= 11 is 0. The summed E-state index contributed by atoms with van der Waals surface area (Å²) in [5.41, 5.74) is 8.15. The molecule has 1 atom stereocenters. The van der Waals surface area contributed by atoms with Gasteiger partial charge in [0.1, 0.15) is 0 Å². The first kappa shape index (κ1) is 15.6. The van der Waals surface area contributed by atoms with Gasteiger partial charge in [-0.25, -0.2) is 0 Å². The molecule has 3 rings (SSSR count). The first-order valence-corrected chi connectivity index (χ1v) is 8.19. The maximum atomic E-state index is 4.34. The van der Waals surface area contributed by atoms with E-state index < -0.39 is 0 Å². The standard InChI is InChI=1S/C20H25N3/c1-15-13-20(2,3)23(4)19-11-10-16(12-18(15)19)14-21-22-17-8-6-5-7-9-17/h5-12,14-15,22H,13H2,1-4H3/b21-14-/t15-/m0/s1. The van der Waals surface area contributed by atoms with E-state index in [1.54, 1.807) is 0 Å². The minimum atomic E-state index is 0.205.